The van der Waals surface area contributed by atoms with Crippen LogP contribution in [0.3, 0.4) is 0 Å². The zero-order chi connectivity index (χ0) is 12.2. The van der Waals surface area contributed by atoms with Gasteiger partial charge in [-0.1, -0.05) is 24.6 Å². The molecule has 0 aliphatic heterocycles. The summed E-state index contributed by atoms with van der Waals surface area (Å²) in [4.78, 5) is 8.89. The summed E-state index contributed by atoms with van der Waals surface area (Å²) in [6.45, 7) is 3.80. The van der Waals surface area contributed by atoms with Gasteiger partial charge < -0.3 is 5.32 Å². The number of nitrogens with zero attached hydrogens (tertiary/aromatic N) is 1. The number of hydrogen-bond acceptors (Lipinski definition) is 3. The first-order valence-electron chi connectivity index (χ1n) is 5.12. The Hall–Kier alpha value is -1.29. The smallest absolute Gasteiger partial charge is 0.311 e. The highest BCUT2D eigenvalue weighted by Crippen LogP contribution is 2.21. The van der Waals surface area contributed by atoms with Crippen molar-refractivity contribution < 1.29 is 4.92 Å². The van der Waals surface area contributed by atoms with Gasteiger partial charge in [0.05, 0.1) is 0 Å². The number of benzene rings is 1. The Bertz CT molecular complexity index is 367. The third-order valence-electron chi connectivity index (χ3n) is 2.48. The van der Waals surface area contributed by atoms with Crippen LogP contribution in [0.15, 0.2) is 24.3 Å². The fraction of sp³-hybridized carbons (Fsp3) is 0.455. The van der Waals surface area contributed by atoms with Gasteiger partial charge in [-0.3, -0.25) is 10.1 Å². The molecule has 4 nitrogen and oxygen atoms in total. The first-order chi connectivity index (χ1) is 7.48. The Labute approximate surface area is 99.8 Å². The third kappa shape index (κ3) is 3.10. The van der Waals surface area contributed by atoms with Crippen LogP contribution >= 0.6 is 11.6 Å². The average molecular weight is 243 g/mol. The molecule has 1 aromatic carbocycles. The van der Waals surface area contributed by atoms with Crippen molar-refractivity contribution in [1.29, 1.82) is 0 Å². The molecule has 0 saturated heterocycles. The molecule has 0 aromatic heterocycles. The normalized spacial score (nSPS) is 14.2. The van der Waals surface area contributed by atoms with Crippen molar-refractivity contribution in [2.45, 2.75) is 25.3 Å². The summed E-state index contributed by atoms with van der Waals surface area (Å²) in [6.07, 6.45) is 0.278. The van der Waals surface area contributed by atoms with Gasteiger partial charge in [0.1, 0.15) is 6.54 Å². The molecule has 0 aliphatic rings. The minimum Gasteiger partial charge on any atom is -0.377 e. The molecule has 0 fully saturated rings. The first kappa shape index (κ1) is 12.8. The molecule has 1 aromatic rings. The molecule has 0 heterocycles. The molecule has 1 unspecified atom stereocenters. The molecule has 0 radical (unpaired) electrons. The Morgan fingerprint density at radius 3 is 2.44 bits per heavy atom. The third-order valence-corrected chi connectivity index (χ3v) is 3.02. The van der Waals surface area contributed by atoms with E-state index in [0.717, 1.165) is 11.3 Å². The van der Waals surface area contributed by atoms with Crippen LogP contribution in [0.2, 0.25) is 0 Å². The van der Waals surface area contributed by atoms with Crippen molar-refractivity contribution in [1.82, 2.24) is 0 Å². The number of nitro groups is 1. The second-order valence-electron chi connectivity index (χ2n) is 3.75. The van der Waals surface area contributed by atoms with E-state index in [2.05, 4.69) is 5.32 Å². The van der Waals surface area contributed by atoms with Crippen LogP contribution in [-0.2, 0) is 0 Å². The molecule has 0 aliphatic carbocycles. The highest BCUT2D eigenvalue weighted by molar-refractivity contribution is 6.23. The summed E-state index contributed by atoms with van der Waals surface area (Å²) < 4.78 is 0. The van der Waals surface area contributed by atoms with Crippen molar-refractivity contribution in [3.05, 3.63) is 39.9 Å². The van der Waals surface area contributed by atoms with E-state index in [1.807, 2.05) is 31.2 Å². The monoisotopic (exact) mass is 242 g/mol. The van der Waals surface area contributed by atoms with Crippen LogP contribution in [0.4, 0.5) is 5.69 Å². The Morgan fingerprint density at radius 2 is 2.00 bits per heavy atom. The van der Waals surface area contributed by atoms with Crippen molar-refractivity contribution >= 4 is 17.3 Å². The molecule has 5 heteroatoms. The van der Waals surface area contributed by atoms with Gasteiger partial charge >= 0.3 is 5.00 Å². The molecule has 16 heavy (non-hydrogen) atoms. The molecular formula is C11H15ClN2O2. The van der Waals surface area contributed by atoms with Crippen molar-refractivity contribution in [2.75, 3.05) is 11.9 Å². The fourth-order valence-corrected chi connectivity index (χ4v) is 1.29. The summed E-state index contributed by atoms with van der Waals surface area (Å²) in [5.41, 5.74) is 1.98. The van der Waals surface area contributed by atoms with Crippen LogP contribution in [0.5, 0.6) is 0 Å². The number of alkyl halides is 1. The van der Waals surface area contributed by atoms with Gasteiger partial charge in [0, 0.05) is 17.0 Å². The Kier molecular flexibility index (Phi) is 4.12. The maximum absolute atomic E-state index is 10.8. The summed E-state index contributed by atoms with van der Waals surface area (Å²) in [5.74, 6) is 0. The van der Waals surface area contributed by atoms with Gasteiger partial charge in [-0.05, 0) is 30.7 Å². The standard InChI is InChI=1S/C11H15ClN2O2/c1-3-11(12,14(15)16)8-13-10-6-4-9(2)5-7-10/h4-7,13H,3,8H2,1-2H3. The number of rotatable bonds is 5. The fourth-order valence-electron chi connectivity index (χ4n) is 1.23. The van der Waals surface area contributed by atoms with E-state index in [9.17, 15) is 10.1 Å². The second-order valence-corrected chi connectivity index (χ2v) is 4.45. The van der Waals surface area contributed by atoms with E-state index in [0.29, 0.717) is 0 Å². The highest BCUT2D eigenvalue weighted by Gasteiger charge is 2.37. The molecule has 0 amide bonds. The molecular weight excluding hydrogens is 228 g/mol. The lowest BCUT2D eigenvalue weighted by molar-refractivity contribution is -0.538. The largest absolute Gasteiger partial charge is 0.377 e. The summed E-state index contributed by atoms with van der Waals surface area (Å²) in [7, 11) is 0. The maximum Gasteiger partial charge on any atom is 0.311 e. The molecule has 0 bridgehead atoms. The predicted octanol–water partition coefficient (Wildman–Crippen LogP) is 3.03. The number of hydrogen-bond donors (Lipinski definition) is 1. The lowest BCUT2D eigenvalue weighted by Gasteiger charge is -2.17. The molecule has 1 N–H and O–H groups in total. The van der Waals surface area contributed by atoms with E-state index >= 15 is 0 Å². The average Bonchev–Trinajstić information content (AvgIpc) is 2.27. The van der Waals surface area contributed by atoms with Gasteiger partial charge in [-0.25, -0.2) is 0 Å². The lowest BCUT2D eigenvalue weighted by atomic mass is 10.2. The molecule has 0 saturated carbocycles. The Morgan fingerprint density at radius 1 is 1.44 bits per heavy atom. The highest BCUT2D eigenvalue weighted by atomic mass is 35.5. The van der Waals surface area contributed by atoms with E-state index < -0.39 is 9.92 Å². The topological polar surface area (TPSA) is 55.2 Å². The second kappa shape index (κ2) is 5.16. The summed E-state index contributed by atoms with van der Waals surface area (Å²) in [6, 6.07) is 7.64. The van der Waals surface area contributed by atoms with Crippen molar-refractivity contribution in [3.8, 4) is 0 Å². The van der Waals surface area contributed by atoms with Crippen LogP contribution in [0.25, 0.3) is 0 Å². The minimum atomic E-state index is -1.43. The zero-order valence-corrected chi connectivity index (χ0v) is 10.1. The van der Waals surface area contributed by atoms with E-state index in [4.69, 9.17) is 11.6 Å². The predicted molar refractivity (Wildman–Crippen MR) is 65.5 cm³/mol. The molecule has 1 atom stereocenters. The SMILES string of the molecule is CCC(Cl)(CNc1ccc(C)cc1)[N+](=O)[O-]. The number of nitrogens with one attached hydrogen (secondary N) is 1. The molecule has 0 spiro atoms. The summed E-state index contributed by atoms with van der Waals surface area (Å²) in [5, 5.41) is 13.7. The van der Waals surface area contributed by atoms with Gasteiger partial charge in [0.15, 0.2) is 0 Å². The van der Waals surface area contributed by atoms with E-state index in [1.165, 1.54) is 0 Å². The van der Waals surface area contributed by atoms with Gasteiger partial charge in [0.2, 0.25) is 0 Å². The van der Waals surface area contributed by atoms with E-state index in [1.54, 1.807) is 6.92 Å². The number of halogens is 1. The van der Waals surface area contributed by atoms with Gasteiger partial charge in [0.25, 0.3) is 0 Å². The zero-order valence-electron chi connectivity index (χ0n) is 9.37. The number of aryl methyl sites for hydroxylation is 1. The lowest BCUT2D eigenvalue weighted by Crippen LogP contribution is -2.38. The maximum atomic E-state index is 10.8. The van der Waals surface area contributed by atoms with Crippen molar-refractivity contribution in [3.63, 3.8) is 0 Å². The van der Waals surface area contributed by atoms with Crippen LogP contribution < -0.4 is 5.32 Å². The quantitative estimate of drug-likeness (QED) is 0.374. The van der Waals surface area contributed by atoms with Gasteiger partial charge in [-0.2, -0.15) is 0 Å². The first-order valence-corrected chi connectivity index (χ1v) is 5.49. The minimum absolute atomic E-state index is 0.112. The summed E-state index contributed by atoms with van der Waals surface area (Å²) >= 11 is 5.88. The van der Waals surface area contributed by atoms with Crippen LogP contribution in [-0.4, -0.2) is 16.5 Å². The number of anilines is 1. The van der Waals surface area contributed by atoms with Gasteiger partial charge in [-0.15, -0.1) is 0 Å². The van der Waals surface area contributed by atoms with Crippen molar-refractivity contribution in [2.24, 2.45) is 0 Å². The Balaban J connectivity index is 2.63. The van der Waals surface area contributed by atoms with E-state index in [-0.39, 0.29) is 13.0 Å². The van der Waals surface area contributed by atoms with Crippen LogP contribution in [0, 0.1) is 17.0 Å². The molecule has 88 valence electrons. The molecule has 1 rings (SSSR count). The van der Waals surface area contributed by atoms with Crippen LogP contribution in [0.1, 0.15) is 18.9 Å².